The molecule has 2 aromatic heterocycles. The average molecular weight is 517 g/mol. The van der Waals surface area contributed by atoms with Gasteiger partial charge in [0.2, 0.25) is 5.91 Å². The normalized spacial score (nSPS) is 16.7. The van der Waals surface area contributed by atoms with Gasteiger partial charge in [0, 0.05) is 16.8 Å². The molecule has 0 radical (unpaired) electrons. The first-order chi connectivity index (χ1) is 17.8. The number of hydrogen-bond donors (Lipinski definition) is 2. The number of amides is 1. The molecule has 0 saturated carbocycles. The van der Waals surface area contributed by atoms with E-state index in [0.717, 1.165) is 11.6 Å². The molecule has 0 fully saturated rings. The van der Waals surface area contributed by atoms with Gasteiger partial charge in [-0.05, 0) is 42.3 Å². The average Bonchev–Trinajstić information content (AvgIpc) is 3.37. The van der Waals surface area contributed by atoms with E-state index in [-0.39, 0.29) is 35.5 Å². The summed E-state index contributed by atoms with van der Waals surface area (Å²) in [6.07, 6.45) is 0.0106. The maximum absolute atomic E-state index is 14.4. The lowest BCUT2D eigenvalue weighted by atomic mass is 9.78. The Morgan fingerprint density at radius 3 is 2.62 bits per heavy atom. The Bertz CT molecular complexity index is 1720. The number of anilines is 2. The molecular formula is C27H19ClF2N6O. The molecular weight excluding hydrogens is 498 g/mol. The van der Waals surface area contributed by atoms with Gasteiger partial charge in [0.25, 0.3) is 5.95 Å². The highest BCUT2D eigenvalue weighted by Gasteiger charge is 2.47. The standard InChI is InChI=1S/C27H19ClF2N6O/c1-27(15-7-3-2-4-8-15)21-23(31)32-26(34-24(21)33-25(27)37)36-20-11-10-16(28)13-17(20)19(35-36)12-14-6-5-9-18(29)22(14)30/h2-11,13H,12H2,1H3,(H3,31,32,33,34,37). The molecule has 0 spiro atoms. The topological polar surface area (TPSA) is 98.7 Å². The molecule has 7 nitrogen and oxygen atoms in total. The summed E-state index contributed by atoms with van der Waals surface area (Å²) in [5, 5.41) is 8.53. The molecule has 3 N–H and O–H groups in total. The third-order valence-electron chi connectivity index (χ3n) is 6.76. The van der Waals surface area contributed by atoms with Gasteiger partial charge < -0.3 is 11.1 Å². The van der Waals surface area contributed by atoms with Crippen molar-refractivity contribution < 1.29 is 13.6 Å². The predicted octanol–water partition coefficient (Wildman–Crippen LogP) is 5.18. The SMILES string of the molecule is CC1(c2ccccc2)C(=O)Nc2nc(-n3nc(Cc4cccc(F)c4F)c4cc(Cl)ccc43)nc(N)c21. The summed E-state index contributed by atoms with van der Waals surface area (Å²) in [6, 6.07) is 18.4. The van der Waals surface area contributed by atoms with Gasteiger partial charge in [-0.25, -0.2) is 8.78 Å². The lowest BCUT2D eigenvalue weighted by Gasteiger charge is -2.23. The first kappa shape index (κ1) is 23.1. The third-order valence-corrected chi connectivity index (χ3v) is 6.99. The molecule has 1 unspecified atom stereocenters. The Balaban J connectivity index is 1.50. The number of rotatable bonds is 4. The van der Waals surface area contributed by atoms with Crippen LogP contribution in [-0.2, 0) is 16.6 Å². The zero-order chi connectivity index (χ0) is 25.9. The summed E-state index contributed by atoms with van der Waals surface area (Å²) in [5.41, 5.74) is 7.77. The number of nitrogens with one attached hydrogen (secondary N) is 1. The van der Waals surface area contributed by atoms with Crippen molar-refractivity contribution in [1.82, 2.24) is 19.7 Å². The molecule has 5 aromatic rings. The second kappa shape index (κ2) is 8.35. The molecule has 0 saturated heterocycles. The van der Waals surface area contributed by atoms with E-state index in [1.165, 1.54) is 16.8 Å². The van der Waals surface area contributed by atoms with Crippen LogP contribution in [0.5, 0.6) is 0 Å². The quantitative estimate of drug-likeness (QED) is 0.343. The Hall–Kier alpha value is -4.37. The number of benzene rings is 3. The number of fused-ring (bicyclic) bond motifs is 2. The number of halogens is 3. The lowest BCUT2D eigenvalue weighted by Crippen LogP contribution is -2.32. The zero-order valence-electron chi connectivity index (χ0n) is 19.5. The van der Waals surface area contributed by atoms with E-state index in [1.807, 2.05) is 30.3 Å². The van der Waals surface area contributed by atoms with E-state index in [1.54, 1.807) is 25.1 Å². The van der Waals surface area contributed by atoms with Gasteiger partial charge in [0.1, 0.15) is 17.1 Å². The highest BCUT2D eigenvalue weighted by atomic mass is 35.5. The summed E-state index contributed by atoms with van der Waals surface area (Å²) in [7, 11) is 0. The van der Waals surface area contributed by atoms with Crippen molar-refractivity contribution >= 4 is 40.0 Å². The third kappa shape index (κ3) is 3.54. The van der Waals surface area contributed by atoms with Gasteiger partial charge in [-0.2, -0.15) is 19.7 Å². The molecule has 37 heavy (non-hydrogen) atoms. The number of aromatic nitrogens is 4. The first-order valence-electron chi connectivity index (χ1n) is 11.4. The molecule has 3 aromatic carbocycles. The maximum Gasteiger partial charge on any atom is 0.255 e. The van der Waals surface area contributed by atoms with Crippen LogP contribution >= 0.6 is 11.6 Å². The van der Waals surface area contributed by atoms with Gasteiger partial charge in [0.05, 0.1) is 16.8 Å². The van der Waals surface area contributed by atoms with Crippen LogP contribution in [-0.4, -0.2) is 25.7 Å². The van der Waals surface area contributed by atoms with Gasteiger partial charge in [0.15, 0.2) is 11.6 Å². The molecule has 0 bridgehead atoms. The van der Waals surface area contributed by atoms with Crippen LogP contribution in [0.2, 0.25) is 5.02 Å². The fraction of sp³-hybridized carbons (Fsp3) is 0.111. The smallest absolute Gasteiger partial charge is 0.255 e. The van der Waals surface area contributed by atoms with Crippen molar-refractivity contribution in [3.8, 4) is 5.95 Å². The largest absolute Gasteiger partial charge is 0.383 e. The van der Waals surface area contributed by atoms with Crippen LogP contribution in [0, 0.1) is 11.6 Å². The van der Waals surface area contributed by atoms with Crippen LogP contribution in [0.3, 0.4) is 0 Å². The molecule has 1 aliphatic heterocycles. The number of carbonyl (C=O) groups is 1. The van der Waals surface area contributed by atoms with Crippen LogP contribution in [0.25, 0.3) is 16.9 Å². The number of nitrogens with two attached hydrogens (primary N) is 1. The van der Waals surface area contributed by atoms with Crippen molar-refractivity contribution in [3.63, 3.8) is 0 Å². The molecule has 0 aliphatic carbocycles. The zero-order valence-corrected chi connectivity index (χ0v) is 20.2. The number of hydrogen-bond acceptors (Lipinski definition) is 5. The highest BCUT2D eigenvalue weighted by molar-refractivity contribution is 6.31. The van der Waals surface area contributed by atoms with Crippen molar-refractivity contribution in [1.29, 1.82) is 0 Å². The first-order valence-corrected chi connectivity index (χ1v) is 11.8. The maximum atomic E-state index is 14.4. The van der Waals surface area contributed by atoms with Crippen LogP contribution in [0.1, 0.15) is 29.3 Å². The van der Waals surface area contributed by atoms with E-state index in [2.05, 4.69) is 20.4 Å². The van der Waals surface area contributed by atoms with Crippen LogP contribution in [0.15, 0.2) is 66.7 Å². The number of carbonyl (C=O) groups excluding carboxylic acids is 1. The Morgan fingerprint density at radius 1 is 1.05 bits per heavy atom. The van der Waals surface area contributed by atoms with E-state index in [0.29, 0.717) is 27.2 Å². The van der Waals surface area contributed by atoms with E-state index >= 15 is 0 Å². The molecule has 10 heteroatoms. The van der Waals surface area contributed by atoms with Crippen molar-refractivity contribution in [3.05, 3.63) is 106 Å². The Labute approximate surface area is 214 Å². The molecule has 3 heterocycles. The van der Waals surface area contributed by atoms with Crippen LogP contribution in [0.4, 0.5) is 20.4 Å². The molecule has 6 rings (SSSR count). The summed E-state index contributed by atoms with van der Waals surface area (Å²) < 4.78 is 29.7. The lowest BCUT2D eigenvalue weighted by molar-refractivity contribution is -0.119. The van der Waals surface area contributed by atoms with Gasteiger partial charge >= 0.3 is 0 Å². The predicted molar refractivity (Wildman–Crippen MR) is 137 cm³/mol. The minimum atomic E-state index is -1.07. The number of nitrogens with zero attached hydrogens (tertiary/aromatic N) is 4. The fourth-order valence-electron chi connectivity index (χ4n) is 4.84. The summed E-state index contributed by atoms with van der Waals surface area (Å²) in [5.74, 6) is -1.62. The summed E-state index contributed by atoms with van der Waals surface area (Å²) in [6.45, 7) is 1.78. The minimum Gasteiger partial charge on any atom is -0.383 e. The highest BCUT2D eigenvalue weighted by Crippen LogP contribution is 2.44. The fourth-order valence-corrected chi connectivity index (χ4v) is 5.01. The van der Waals surface area contributed by atoms with E-state index < -0.39 is 17.0 Å². The number of nitrogen functional groups attached to an aromatic ring is 1. The van der Waals surface area contributed by atoms with E-state index in [4.69, 9.17) is 17.3 Å². The second-order valence-corrected chi connectivity index (χ2v) is 9.42. The summed E-state index contributed by atoms with van der Waals surface area (Å²) in [4.78, 5) is 22.2. The van der Waals surface area contributed by atoms with Crippen molar-refractivity contribution in [2.75, 3.05) is 11.1 Å². The molecule has 1 atom stereocenters. The Morgan fingerprint density at radius 2 is 1.84 bits per heavy atom. The Kier molecular flexibility index (Phi) is 5.20. The van der Waals surface area contributed by atoms with Gasteiger partial charge in [-0.15, -0.1) is 0 Å². The van der Waals surface area contributed by atoms with E-state index in [9.17, 15) is 13.6 Å². The molecule has 184 valence electrons. The van der Waals surface area contributed by atoms with Crippen LogP contribution < -0.4 is 11.1 Å². The van der Waals surface area contributed by atoms with Crippen molar-refractivity contribution in [2.45, 2.75) is 18.8 Å². The minimum absolute atomic E-state index is 0.0106. The molecule has 1 amide bonds. The summed E-state index contributed by atoms with van der Waals surface area (Å²) >= 11 is 6.24. The van der Waals surface area contributed by atoms with Crippen molar-refractivity contribution in [2.24, 2.45) is 0 Å². The monoisotopic (exact) mass is 516 g/mol. The second-order valence-electron chi connectivity index (χ2n) is 8.99. The molecule has 1 aliphatic rings. The van der Waals surface area contributed by atoms with Gasteiger partial charge in [-0.3, -0.25) is 4.79 Å². The van der Waals surface area contributed by atoms with Gasteiger partial charge in [-0.1, -0.05) is 54.1 Å².